The Labute approximate surface area is 85.1 Å². The largest absolute Gasteiger partial charge is 0.344 e. The van der Waals surface area contributed by atoms with Gasteiger partial charge >= 0.3 is 0 Å². The molecule has 0 fully saturated rings. The van der Waals surface area contributed by atoms with Gasteiger partial charge in [0.1, 0.15) is 5.82 Å². The van der Waals surface area contributed by atoms with Crippen LogP contribution in [0, 0.1) is 0 Å². The number of allylic oxidation sites excluding steroid dienone is 1. The molecule has 2 heterocycles. The average molecular weight is 188 g/mol. The van der Waals surface area contributed by atoms with Gasteiger partial charge in [-0.25, -0.2) is 4.98 Å². The summed E-state index contributed by atoms with van der Waals surface area (Å²) in [6, 6.07) is 2.26. The van der Waals surface area contributed by atoms with Gasteiger partial charge in [-0.05, 0) is 29.9 Å². The van der Waals surface area contributed by atoms with Crippen molar-refractivity contribution in [1.29, 1.82) is 0 Å². The van der Waals surface area contributed by atoms with Crippen LogP contribution in [0.4, 0.5) is 5.82 Å². The number of hydrogen-bond donors (Lipinski definition) is 1. The number of aromatic nitrogens is 1. The molecule has 14 heavy (non-hydrogen) atoms. The van der Waals surface area contributed by atoms with Crippen LogP contribution in [0.5, 0.6) is 0 Å². The highest BCUT2D eigenvalue weighted by Gasteiger charge is 2.13. The molecule has 2 rings (SSSR count). The lowest BCUT2D eigenvalue weighted by atomic mass is 9.99. The van der Waals surface area contributed by atoms with Gasteiger partial charge in [0.2, 0.25) is 0 Å². The molecule has 1 aromatic rings. The van der Waals surface area contributed by atoms with E-state index in [1.165, 1.54) is 11.1 Å². The highest BCUT2D eigenvalue weighted by Crippen LogP contribution is 2.26. The molecule has 0 atom stereocenters. The monoisotopic (exact) mass is 188 g/mol. The number of pyridine rings is 1. The predicted molar refractivity (Wildman–Crippen MR) is 59.4 cm³/mol. The fourth-order valence-electron chi connectivity index (χ4n) is 1.66. The molecule has 1 N–H and O–H groups in total. The van der Waals surface area contributed by atoms with E-state index in [0.717, 1.165) is 24.4 Å². The van der Waals surface area contributed by atoms with Crippen LogP contribution in [0.15, 0.2) is 24.5 Å². The SMILES string of the molecule is C=C1CCc2cc(C(C)C)cnc2N1. The molecule has 0 unspecified atom stereocenters. The smallest absolute Gasteiger partial charge is 0.133 e. The second-order valence-corrected chi connectivity index (χ2v) is 4.16. The van der Waals surface area contributed by atoms with Crippen LogP contribution in [0.25, 0.3) is 0 Å². The van der Waals surface area contributed by atoms with Gasteiger partial charge in [0.25, 0.3) is 0 Å². The predicted octanol–water partition coefficient (Wildman–Crippen LogP) is 3.08. The minimum Gasteiger partial charge on any atom is -0.344 e. The van der Waals surface area contributed by atoms with Crippen LogP contribution in [0.1, 0.15) is 37.3 Å². The summed E-state index contributed by atoms with van der Waals surface area (Å²) in [5, 5.41) is 3.22. The molecule has 1 aromatic heterocycles. The molecule has 1 aliphatic rings. The van der Waals surface area contributed by atoms with E-state index in [9.17, 15) is 0 Å². The van der Waals surface area contributed by atoms with Crippen LogP contribution in [-0.4, -0.2) is 4.98 Å². The standard InChI is InChI=1S/C12H16N2/c1-8(2)11-6-10-5-4-9(3)14-12(10)13-7-11/h6-8H,3-5H2,1-2H3,(H,13,14). The second-order valence-electron chi connectivity index (χ2n) is 4.16. The minimum atomic E-state index is 0.554. The van der Waals surface area contributed by atoms with Crippen molar-refractivity contribution < 1.29 is 0 Å². The average Bonchev–Trinajstić information content (AvgIpc) is 2.16. The molecule has 2 nitrogen and oxygen atoms in total. The van der Waals surface area contributed by atoms with Gasteiger partial charge in [0, 0.05) is 11.9 Å². The summed E-state index contributed by atoms with van der Waals surface area (Å²) in [5.41, 5.74) is 3.71. The minimum absolute atomic E-state index is 0.554. The number of nitrogens with zero attached hydrogens (tertiary/aromatic N) is 1. The maximum atomic E-state index is 4.42. The lowest BCUT2D eigenvalue weighted by Gasteiger charge is -2.20. The Kier molecular flexibility index (Phi) is 2.28. The zero-order chi connectivity index (χ0) is 10.1. The lowest BCUT2D eigenvalue weighted by Crippen LogP contribution is -2.11. The van der Waals surface area contributed by atoms with Gasteiger partial charge in [-0.15, -0.1) is 0 Å². The lowest BCUT2D eigenvalue weighted by molar-refractivity contribution is 0.837. The van der Waals surface area contributed by atoms with Crippen molar-refractivity contribution in [3.8, 4) is 0 Å². The van der Waals surface area contributed by atoms with Gasteiger partial charge in [0.15, 0.2) is 0 Å². The fourth-order valence-corrected chi connectivity index (χ4v) is 1.66. The Bertz CT molecular complexity index is 367. The molecular weight excluding hydrogens is 172 g/mol. The fraction of sp³-hybridized carbons (Fsp3) is 0.417. The highest BCUT2D eigenvalue weighted by atomic mass is 15.0. The van der Waals surface area contributed by atoms with Crippen molar-refractivity contribution >= 4 is 5.82 Å². The quantitative estimate of drug-likeness (QED) is 0.732. The zero-order valence-electron chi connectivity index (χ0n) is 8.80. The Hall–Kier alpha value is -1.31. The first kappa shape index (κ1) is 9.25. The zero-order valence-corrected chi connectivity index (χ0v) is 8.80. The van der Waals surface area contributed by atoms with Gasteiger partial charge in [-0.2, -0.15) is 0 Å². The summed E-state index contributed by atoms with van der Waals surface area (Å²) in [7, 11) is 0. The van der Waals surface area contributed by atoms with Crippen LogP contribution < -0.4 is 5.32 Å². The normalized spacial score (nSPS) is 15.2. The molecule has 0 bridgehead atoms. The Morgan fingerprint density at radius 2 is 2.21 bits per heavy atom. The molecule has 0 saturated heterocycles. The Balaban J connectivity index is 2.36. The van der Waals surface area contributed by atoms with Crippen molar-refractivity contribution in [1.82, 2.24) is 4.98 Å². The van der Waals surface area contributed by atoms with E-state index >= 15 is 0 Å². The van der Waals surface area contributed by atoms with Gasteiger partial charge in [-0.3, -0.25) is 0 Å². The van der Waals surface area contributed by atoms with E-state index in [-0.39, 0.29) is 0 Å². The maximum absolute atomic E-state index is 4.42. The van der Waals surface area contributed by atoms with Crippen molar-refractivity contribution in [2.45, 2.75) is 32.6 Å². The molecule has 0 aliphatic carbocycles. The van der Waals surface area contributed by atoms with E-state index in [4.69, 9.17) is 0 Å². The van der Waals surface area contributed by atoms with Crippen molar-refractivity contribution in [3.05, 3.63) is 35.7 Å². The molecule has 2 heteroatoms. The topological polar surface area (TPSA) is 24.9 Å². The molecule has 74 valence electrons. The molecule has 0 aromatic carbocycles. The third-order valence-electron chi connectivity index (χ3n) is 2.65. The summed E-state index contributed by atoms with van der Waals surface area (Å²) >= 11 is 0. The summed E-state index contributed by atoms with van der Waals surface area (Å²) in [6.07, 6.45) is 4.04. The van der Waals surface area contributed by atoms with E-state index in [0.29, 0.717) is 5.92 Å². The second kappa shape index (κ2) is 3.45. The molecular formula is C12H16N2. The Morgan fingerprint density at radius 3 is 2.93 bits per heavy atom. The molecule has 1 aliphatic heterocycles. The van der Waals surface area contributed by atoms with E-state index < -0.39 is 0 Å². The van der Waals surface area contributed by atoms with E-state index in [2.05, 4.69) is 36.8 Å². The van der Waals surface area contributed by atoms with Crippen LogP contribution >= 0.6 is 0 Å². The summed E-state index contributed by atoms with van der Waals surface area (Å²) in [5.74, 6) is 1.54. The van der Waals surface area contributed by atoms with Crippen molar-refractivity contribution in [2.75, 3.05) is 5.32 Å². The third kappa shape index (κ3) is 1.65. The number of nitrogens with one attached hydrogen (secondary N) is 1. The highest BCUT2D eigenvalue weighted by molar-refractivity contribution is 5.52. The molecule has 0 amide bonds. The number of anilines is 1. The van der Waals surface area contributed by atoms with Crippen LogP contribution in [0.2, 0.25) is 0 Å². The van der Waals surface area contributed by atoms with Crippen molar-refractivity contribution in [2.24, 2.45) is 0 Å². The summed E-state index contributed by atoms with van der Waals surface area (Å²) in [4.78, 5) is 4.42. The first-order valence-corrected chi connectivity index (χ1v) is 5.10. The maximum Gasteiger partial charge on any atom is 0.133 e. The molecule has 0 spiro atoms. The number of rotatable bonds is 1. The summed E-state index contributed by atoms with van der Waals surface area (Å²) in [6.45, 7) is 8.31. The van der Waals surface area contributed by atoms with E-state index in [1.807, 2.05) is 6.20 Å². The van der Waals surface area contributed by atoms with Gasteiger partial charge < -0.3 is 5.32 Å². The van der Waals surface area contributed by atoms with E-state index in [1.54, 1.807) is 0 Å². The Morgan fingerprint density at radius 1 is 1.43 bits per heavy atom. The molecule has 0 radical (unpaired) electrons. The van der Waals surface area contributed by atoms with Crippen molar-refractivity contribution in [3.63, 3.8) is 0 Å². The first-order valence-electron chi connectivity index (χ1n) is 5.10. The van der Waals surface area contributed by atoms with Gasteiger partial charge in [0.05, 0.1) is 0 Å². The van der Waals surface area contributed by atoms with Crippen LogP contribution in [-0.2, 0) is 6.42 Å². The first-order chi connectivity index (χ1) is 6.66. The van der Waals surface area contributed by atoms with Gasteiger partial charge in [-0.1, -0.05) is 26.5 Å². The number of aryl methyl sites for hydroxylation is 1. The number of hydrogen-bond acceptors (Lipinski definition) is 2. The van der Waals surface area contributed by atoms with Crippen LogP contribution in [0.3, 0.4) is 0 Å². The third-order valence-corrected chi connectivity index (χ3v) is 2.65. The molecule has 0 saturated carbocycles. The summed E-state index contributed by atoms with van der Waals surface area (Å²) < 4.78 is 0. The number of fused-ring (bicyclic) bond motifs is 1.